The van der Waals surface area contributed by atoms with Gasteiger partial charge in [0, 0.05) is 12.1 Å². The second kappa shape index (κ2) is 2.29. The lowest BCUT2D eigenvalue weighted by Gasteiger charge is -2.01. The van der Waals surface area contributed by atoms with Crippen molar-refractivity contribution in [2.75, 3.05) is 0 Å². The summed E-state index contributed by atoms with van der Waals surface area (Å²) in [6, 6.07) is 0. The lowest BCUT2D eigenvalue weighted by molar-refractivity contribution is 0.921. The summed E-state index contributed by atoms with van der Waals surface area (Å²) < 4.78 is 0. The van der Waals surface area contributed by atoms with Gasteiger partial charge in [0.15, 0.2) is 0 Å². The molecule has 0 N–H and O–H groups in total. The standard InChI is InChI=1S/C9H12N2/c1-6-5-10-7(2)9(11-6)8-3-4-8/h5,8H,3-4H2,1-2H3. The number of aryl methyl sites for hydroxylation is 2. The van der Waals surface area contributed by atoms with Gasteiger partial charge >= 0.3 is 0 Å². The molecule has 0 atom stereocenters. The molecule has 1 saturated carbocycles. The number of rotatable bonds is 1. The largest absolute Gasteiger partial charge is 0.258 e. The number of hydrogen-bond acceptors (Lipinski definition) is 2. The number of aromatic nitrogens is 2. The maximum atomic E-state index is 4.47. The molecule has 1 aliphatic carbocycles. The van der Waals surface area contributed by atoms with Crippen molar-refractivity contribution in [1.29, 1.82) is 0 Å². The van der Waals surface area contributed by atoms with Gasteiger partial charge in [0.1, 0.15) is 0 Å². The van der Waals surface area contributed by atoms with Crippen LogP contribution in [-0.4, -0.2) is 9.97 Å². The molecule has 58 valence electrons. The molecule has 11 heavy (non-hydrogen) atoms. The molecule has 1 aromatic rings. The van der Waals surface area contributed by atoms with Crippen LogP contribution in [0.4, 0.5) is 0 Å². The lowest BCUT2D eigenvalue weighted by atomic mass is 10.2. The Morgan fingerprint density at radius 3 is 2.73 bits per heavy atom. The molecule has 1 heterocycles. The van der Waals surface area contributed by atoms with Gasteiger partial charge in [0.2, 0.25) is 0 Å². The summed E-state index contributed by atoms with van der Waals surface area (Å²) in [7, 11) is 0. The summed E-state index contributed by atoms with van der Waals surface area (Å²) in [6.07, 6.45) is 4.44. The van der Waals surface area contributed by atoms with E-state index < -0.39 is 0 Å². The zero-order chi connectivity index (χ0) is 7.84. The van der Waals surface area contributed by atoms with E-state index in [1.807, 2.05) is 20.0 Å². The summed E-state index contributed by atoms with van der Waals surface area (Å²) in [5, 5.41) is 0. The Hall–Kier alpha value is -0.920. The average Bonchev–Trinajstić information content (AvgIpc) is 2.76. The zero-order valence-corrected chi connectivity index (χ0v) is 6.96. The van der Waals surface area contributed by atoms with Crippen molar-refractivity contribution in [3.8, 4) is 0 Å². The first-order valence-corrected chi connectivity index (χ1v) is 4.07. The van der Waals surface area contributed by atoms with Crippen LogP contribution in [0.1, 0.15) is 35.8 Å². The SMILES string of the molecule is Cc1cnc(C)c(C2CC2)n1. The van der Waals surface area contributed by atoms with Gasteiger partial charge in [-0.1, -0.05) is 0 Å². The summed E-state index contributed by atoms with van der Waals surface area (Å²) in [5.74, 6) is 0.724. The van der Waals surface area contributed by atoms with Crippen LogP contribution in [0.5, 0.6) is 0 Å². The molecule has 0 spiro atoms. The maximum absolute atomic E-state index is 4.47. The Morgan fingerprint density at radius 2 is 2.09 bits per heavy atom. The molecular weight excluding hydrogens is 136 g/mol. The van der Waals surface area contributed by atoms with Gasteiger partial charge in [0.25, 0.3) is 0 Å². The van der Waals surface area contributed by atoms with Gasteiger partial charge in [-0.3, -0.25) is 9.97 Å². The van der Waals surface area contributed by atoms with Gasteiger partial charge < -0.3 is 0 Å². The molecule has 2 nitrogen and oxygen atoms in total. The number of hydrogen-bond donors (Lipinski definition) is 0. The van der Waals surface area contributed by atoms with Crippen molar-refractivity contribution in [2.24, 2.45) is 0 Å². The van der Waals surface area contributed by atoms with Crippen LogP contribution in [0.15, 0.2) is 6.20 Å². The first-order chi connectivity index (χ1) is 5.27. The Balaban J connectivity index is 2.42. The molecule has 0 saturated heterocycles. The number of nitrogens with zero attached hydrogens (tertiary/aromatic N) is 2. The van der Waals surface area contributed by atoms with Gasteiger partial charge in [0.05, 0.1) is 17.1 Å². The third-order valence-corrected chi connectivity index (χ3v) is 2.08. The summed E-state index contributed by atoms with van der Waals surface area (Å²) >= 11 is 0. The van der Waals surface area contributed by atoms with Crippen LogP contribution in [0, 0.1) is 13.8 Å². The zero-order valence-electron chi connectivity index (χ0n) is 6.96. The molecular formula is C9H12N2. The summed E-state index contributed by atoms with van der Waals surface area (Å²) in [4.78, 5) is 8.75. The first kappa shape index (κ1) is 6.77. The molecule has 2 rings (SSSR count). The Morgan fingerprint density at radius 1 is 1.36 bits per heavy atom. The van der Waals surface area contributed by atoms with E-state index in [0.29, 0.717) is 0 Å². The molecule has 0 radical (unpaired) electrons. The van der Waals surface area contributed by atoms with Crippen LogP contribution in [0.3, 0.4) is 0 Å². The molecule has 1 fully saturated rings. The fourth-order valence-electron chi connectivity index (χ4n) is 1.30. The molecule has 0 unspecified atom stereocenters. The fourth-order valence-corrected chi connectivity index (χ4v) is 1.30. The molecule has 1 aromatic heterocycles. The topological polar surface area (TPSA) is 25.8 Å². The van der Waals surface area contributed by atoms with Crippen LogP contribution < -0.4 is 0 Å². The molecule has 0 aliphatic heterocycles. The summed E-state index contributed by atoms with van der Waals surface area (Å²) in [6.45, 7) is 4.04. The van der Waals surface area contributed by atoms with E-state index in [1.54, 1.807) is 0 Å². The molecule has 0 bridgehead atoms. The fraction of sp³-hybridized carbons (Fsp3) is 0.556. The smallest absolute Gasteiger partial charge is 0.0649 e. The van der Waals surface area contributed by atoms with Gasteiger partial charge in [-0.25, -0.2) is 0 Å². The molecule has 0 amide bonds. The van der Waals surface area contributed by atoms with Gasteiger partial charge in [-0.2, -0.15) is 0 Å². The second-order valence-corrected chi connectivity index (χ2v) is 3.26. The lowest BCUT2D eigenvalue weighted by Crippen LogP contribution is -1.96. The van der Waals surface area contributed by atoms with Crippen molar-refractivity contribution in [3.05, 3.63) is 23.3 Å². The molecule has 2 heteroatoms. The minimum absolute atomic E-state index is 0.724. The normalized spacial score (nSPS) is 16.9. The Kier molecular flexibility index (Phi) is 1.41. The van der Waals surface area contributed by atoms with E-state index in [4.69, 9.17) is 0 Å². The average molecular weight is 148 g/mol. The minimum atomic E-state index is 0.724. The Labute approximate surface area is 66.7 Å². The quantitative estimate of drug-likeness (QED) is 0.608. The highest BCUT2D eigenvalue weighted by Crippen LogP contribution is 2.39. The van der Waals surface area contributed by atoms with E-state index in [1.165, 1.54) is 18.5 Å². The van der Waals surface area contributed by atoms with E-state index >= 15 is 0 Å². The van der Waals surface area contributed by atoms with Crippen molar-refractivity contribution >= 4 is 0 Å². The minimum Gasteiger partial charge on any atom is -0.258 e. The van der Waals surface area contributed by atoms with Crippen LogP contribution >= 0.6 is 0 Å². The monoisotopic (exact) mass is 148 g/mol. The van der Waals surface area contributed by atoms with Crippen LogP contribution in [-0.2, 0) is 0 Å². The van der Waals surface area contributed by atoms with Crippen LogP contribution in [0.2, 0.25) is 0 Å². The van der Waals surface area contributed by atoms with Crippen molar-refractivity contribution < 1.29 is 0 Å². The van der Waals surface area contributed by atoms with Gasteiger partial charge in [-0.05, 0) is 26.7 Å². The molecule has 0 aromatic carbocycles. The first-order valence-electron chi connectivity index (χ1n) is 4.07. The van der Waals surface area contributed by atoms with Crippen molar-refractivity contribution in [2.45, 2.75) is 32.6 Å². The predicted molar refractivity (Wildman–Crippen MR) is 43.5 cm³/mol. The van der Waals surface area contributed by atoms with Crippen LogP contribution in [0.25, 0.3) is 0 Å². The highest BCUT2D eigenvalue weighted by atomic mass is 14.8. The highest BCUT2D eigenvalue weighted by molar-refractivity contribution is 5.20. The van der Waals surface area contributed by atoms with E-state index in [0.717, 1.165) is 17.3 Å². The maximum Gasteiger partial charge on any atom is 0.0649 e. The highest BCUT2D eigenvalue weighted by Gasteiger charge is 2.26. The van der Waals surface area contributed by atoms with Crippen molar-refractivity contribution in [3.63, 3.8) is 0 Å². The molecule has 1 aliphatic rings. The third-order valence-electron chi connectivity index (χ3n) is 2.08. The van der Waals surface area contributed by atoms with Crippen molar-refractivity contribution in [1.82, 2.24) is 9.97 Å². The van der Waals surface area contributed by atoms with E-state index in [2.05, 4.69) is 9.97 Å². The van der Waals surface area contributed by atoms with E-state index in [-0.39, 0.29) is 0 Å². The second-order valence-electron chi connectivity index (χ2n) is 3.26. The predicted octanol–water partition coefficient (Wildman–Crippen LogP) is 1.97. The Bertz CT molecular complexity index is 277. The van der Waals surface area contributed by atoms with E-state index in [9.17, 15) is 0 Å². The summed E-state index contributed by atoms with van der Waals surface area (Å²) in [5.41, 5.74) is 3.38. The van der Waals surface area contributed by atoms with Gasteiger partial charge in [-0.15, -0.1) is 0 Å². The third kappa shape index (κ3) is 1.25.